The Balaban J connectivity index is 2.11. The molecule has 1 aliphatic rings. The molecule has 0 unspecified atom stereocenters. The van der Waals surface area contributed by atoms with E-state index in [0.29, 0.717) is 5.56 Å². The predicted octanol–water partition coefficient (Wildman–Crippen LogP) is 3.86. The van der Waals surface area contributed by atoms with Crippen molar-refractivity contribution in [2.45, 2.75) is 51.8 Å². The summed E-state index contributed by atoms with van der Waals surface area (Å²) in [6, 6.07) is 3.48. The molecule has 2 rings (SSSR count). The third-order valence-corrected chi connectivity index (χ3v) is 2.97. The summed E-state index contributed by atoms with van der Waals surface area (Å²) in [5, 5.41) is 0. The van der Waals surface area contributed by atoms with Crippen LogP contribution < -0.4 is 0 Å². The molecule has 110 valence electrons. The number of ether oxygens (including phenoxy) is 1. The molecule has 1 fully saturated rings. The molecular weight excluding hydrogens is 264 g/mol. The number of amides is 1. The van der Waals surface area contributed by atoms with E-state index in [1.54, 1.807) is 20.8 Å². The maximum Gasteiger partial charge on any atom is 0.410 e. The van der Waals surface area contributed by atoms with Crippen LogP contribution in [-0.2, 0) is 11.3 Å². The minimum atomic E-state index is -0.640. The van der Waals surface area contributed by atoms with Crippen LogP contribution in [0, 0.1) is 11.6 Å². The van der Waals surface area contributed by atoms with Crippen molar-refractivity contribution in [1.82, 2.24) is 4.90 Å². The Morgan fingerprint density at radius 2 is 2.00 bits per heavy atom. The molecule has 0 spiro atoms. The molecule has 1 aromatic carbocycles. The second-order valence-corrected chi connectivity index (χ2v) is 6.08. The first-order chi connectivity index (χ1) is 9.26. The van der Waals surface area contributed by atoms with Gasteiger partial charge in [0.2, 0.25) is 0 Å². The summed E-state index contributed by atoms with van der Waals surface area (Å²) in [4.78, 5) is 13.6. The van der Waals surface area contributed by atoms with Crippen LogP contribution in [0.25, 0.3) is 0 Å². The van der Waals surface area contributed by atoms with Crippen molar-refractivity contribution in [3.63, 3.8) is 0 Å². The molecule has 3 nitrogen and oxygen atoms in total. The molecule has 1 aliphatic carbocycles. The van der Waals surface area contributed by atoms with Crippen molar-refractivity contribution in [3.05, 3.63) is 35.4 Å². The Bertz CT molecular complexity index is 507. The largest absolute Gasteiger partial charge is 0.444 e. The lowest BCUT2D eigenvalue weighted by molar-refractivity contribution is 0.0215. The molecule has 1 saturated carbocycles. The lowest BCUT2D eigenvalue weighted by Crippen LogP contribution is -2.38. The van der Waals surface area contributed by atoms with Gasteiger partial charge in [-0.2, -0.15) is 0 Å². The zero-order chi connectivity index (χ0) is 14.9. The number of hydrogen-bond donors (Lipinski definition) is 0. The van der Waals surface area contributed by atoms with Gasteiger partial charge < -0.3 is 9.64 Å². The molecule has 0 atom stereocenters. The van der Waals surface area contributed by atoms with Crippen LogP contribution in [0.5, 0.6) is 0 Å². The van der Waals surface area contributed by atoms with Crippen LogP contribution in [-0.4, -0.2) is 22.6 Å². The smallest absolute Gasteiger partial charge is 0.410 e. The Kier molecular flexibility index (Phi) is 3.97. The minimum Gasteiger partial charge on any atom is -0.444 e. The van der Waals surface area contributed by atoms with E-state index >= 15 is 0 Å². The van der Waals surface area contributed by atoms with Crippen LogP contribution in [0.2, 0.25) is 0 Å². The molecule has 0 aromatic heterocycles. The average molecular weight is 283 g/mol. The average Bonchev–Trinajstić information content (AvgIpc) is 3.09. The van der Waals surface area contributed by atoms with E-state index in [2.05, 4.69) is 0 Å². The standard InChI is InChI=1S/C15H19F2NO2/c1-15(2,3)20-14(19)18(12-6-7-12)9-10-4-5-11(16)8-13(10)17/h4-5,8,12H,6-7,9H2,1-3H3. The summed E-state index contributed by atoms with van der Waals surface area (Å²) in [6.45, 7) is 5.46. The van der Waals surface area contributed by atoms with Crippen molar-refractivity contribution in [2.24, 2.45) is 0 Å². The highest BCUT2D eigenvalue weighted by atomic mass is 19.1. The van der Waals surface area contributed by atoms with Gasteiger partial charge in [0, 0.05) is 17.7 Å². The van der Waals surface area contributed by atoms with Gasteiger partial charge in [-0.1, -0.05) is 6.07 Å². The summed E-state index contributed by atoms with van der Waals surface area (Å²) < 4.78 is 31.9. The van der Waals surface area contributed by atoms with Crippen LogP contribution in [0.4, 0.5) is 13.6 Å². The topological polar surface area (TPSA) is 29.5 Å². The lowest BCUT2D eigenvalue weighted by atomic mass is 10.2. The van der Waals surface area contributed by atoms with E-state index in [1.165, 1.54) is 17.0 Å². The number of benzene rings is 1. The summed E-state index contributed by atoms with van der Waals surface area (Å²) in [5.41, 5.74) is -0.296. The van der Waals surface area contributed by atoms with E-state index in [4.69, 9.17) is 4.74 Å². The molecule has 0 aliphatic heterocycles. The van der Waals surface area contributed by atoms with Crippen molar-refractivity contribution >= 4 is 6.09 Å². The molecule has 20 heavy (non-hydrogen) atoms. The van der Waals surface area contributed by atoms with Gasteiger partial charge in [-0.15, -0.1) is 0 Å². The molecule has 0 N–H and O–H groups in total. The molecule has 0 saturated heterocycles. The quantitative estimate of drug-likeness (QED) is 0.843. The van der Waals surface area contributed by atoms with E-state index in [1.807, 2.05) is 0 Å². The normalized spacial score (nSPS) is 15.1. The number of carbonyl (C=O) groups excluding carboxylic acids is 1. The van der Waals surface area contributed by atoms with E-state index in [0.717, 1.165) is 18.9 Å². The number of hydrogen-bond acceptors (Lipinski definition) is 2. The van der Waals surface area contributed by atoms with Crippen molar-refractivity contribution < 1.29 is 18.3 Å². The fourth-order valence-corrected chi connectivity index (χ4v) is 1.88. The van der Waals surface area contributed by atoms with Gasteiger partial charge in [-0.3, -0.25) is 0 Å². The second-order valence-electron chi connectivity index (χ2n) is 6.08. The highest BCUT2D eigenvalue weighted by molar-refractivity contribution is 5.69. The maximum absolute atomic E-state index is 13.7. The fraction of sp³-hybridized carbons (Fsp3) is 0.533. The summed E-state index contributed by atoms with van der Waals surface area (Å²) in [6.07, 6.45) is 1.33. The second kappa shape index (κ2) is 5.38. The summed E-state index contributed by atoms with van der Waals surface area (Å²) >= 11 is 0. The number of rotatable bonds is 3. The number of carbonyl (C=O) groups is 1. The maximum atomic E-state index is 13.7. The van der Waals surface area contributed by atoms with Crippen LogP contribution in [0.1, 0.15) is 39.2 Å². The van der Waals surface area contributed by atoms with Gasteiger partial charge in [-0.05, 0) is 39.7 Å². The monoisotopic (exact) mass is 283 g/mol. The first-order valence-corrected chi connectivity index (χ1v) is 6.70. The van der Waals surface area contributed by atoms with Crippen molar-refractivity contribution in [1.29, 1.82) is 0 Å². The van der Waals surface area contributed by atoms with Gasteiger partial charge in [0.15, 0.2) is 0 Å². The zero-order valence-electron chi connectivity index (χ0n) is 12.0. The van der Waals surface area contributed by atoms with E-state index in [-0.39, 0.29) is 12.6 Å². The molecule has 1 aromatic rings. The molecular formula is C15H19F2NO2. The van der Waals surface area contributed by atoms with Crippen LogP contribution in [0.3, 0.4) is 0 Å². The van der Waals surface area contributed by atoms with E-state index < -0.39 is 23.3 Å². The number of halogens is 2. The summed E-state index contributed by atoms with van der Waals surface area (Å²) in [5.74, 6) is -1.26. The Morgan fingerprint density at radius 1 is 1.35 bits per heavy atom. The molecule has 1 amide bonds. The fourth-order valence-electron chi connectivity index (χ4n) is 1.88. The predicted molar refractivity (Wildman–Crippen MR) is 71.2 cm³/mol. The van der Waals surface area contributed by atoms with Gasteiger partial charge >= 0.3 is 6.09 Å². The zero-order valence-corrected chi connectivity index (χ0v) is 12.0. The first kappa shape index (κ1) is 14.8. The lowest BCUT2D eigenvalue weighted by Gasteiger charge is -2.27. The van der Waals surface area contributed by atoms with Crippen LogP contribution in [0.15, 0.2) is 18.2 Å². The highest BCUT2D eigenvalue weighted by Gasteiger charge is 2.35. The molecule has 5 heteroatoms. The summed E-state index contributed by atoms with van der Waals surface area (Å²) in [7, 11) is 0. The van der Waals surface area contributed by atoms with Gasteiger partial charge in [0.1, 0.15) is 17.2 Å². The Morgan fingerprint density at radius 3 is 2.50 bits per heavy atom. The Labute approximate surface area is 117 Å². The van der Waals surface area contributed by atoms with Gasteiger partial charge in [0.25, 0.3) is 0 Å². The van der Waals surface area contributed by atoms with E-state index in [9.17, 15) is 13.6 Å². The minimum absolute atomic E-state index is 0.0919. The van der Waals surface area contributed by atoms with Crippen molar-refractivity contribution in [2.75, 3.05) is 0 Å². The molecule has 0 radical (unpaired) electrons. The molecule has 0 bridgehead atoms. The third-order valence-electron chi connectivity index (χ3n) is 2.97. The van der Waals surface area contributed by atoms with Gasteiger partial charge in [-0.25, -0.2) is 13.6 Å². The highest BCUT2D eigenvalue weighted by Crippen LogP contribution is 2.30. The van der Waals surface area contributed by atoms with Crippen molar-refractivity contribution in [3.8, 4) is 0 Å². The van der Waals surface area contributed by atoms with Gasteiger partial charge in [0.05, 0.1) is 6.54 Å². The first-order valence-electron chi connectivity index (χ1n) is 6.70. The number of nitrogens with zero attached hydrogens (tertiary/aromatic N) is 1. The SMILES string of the molecule is CC(C)(C)OC(=O)N(Cc1ccc(F)cc1F)C1CC1. The van der Waals surface area contributed by atoms with Crippen LogP contribution >= 0.6 is 0 Å². The molecule has 0 heterocycles. The Hall–Kier alpha value is -1.65. The third kappa shape index (κ3) is 3.92.